The summed E-state index contributed by atoms with van der Waals surface area (Å²) in [5.41, 5.74) is 4.33. The van der Waals surface area contributed by atoms with Crippen molar-refractivity contribution in [1.29, 1.82) is 0 Å². The SMILES string of the molecule is CC1=C2C[C@H]3C(CC[C@@H]4C[C@@H](O)CC[C@@]43C)[C@@H]2CC[C@]12O[C@@H]1C[C@H](C)CN(C(=O)OCc3ccccc3)[C@H]1[C@H]2C. The monoisotopic (exact) mass is 547 g/mol. The zero-order valence-corrected chi connectivity index (χ0v) is 25.0. The molecule has 5 nitrogen and oxygen atoms in total. The van der Waals surface area contributed by atoms with Crippen molar-refractivity contribution >= 4 is 6.09 Å². The Bertz CT molecular complexity index is 1170. The van der Waals surface area contributed by atoms with Crippen LogP contribution in [0.2, 0.25) is 0 Å². The highest BCUT2D eigenvalue weighted by Crippen LogP contribution is 2.66. The number of carbonyl (C=O) groups excluding carboxylic acids is 1. The number of hydrogen-bond donors (Lipinski definition) is 1. The number of carbonyl (C=O) groups is 1. The molecule has 4 aliphatic carbocycles. The lowest BCUT2D eigenvalue weighted by Crippen LogP contribution is -2.54. The molecule has 1 spiro atoms. The summed E-state index contributed by atoms with van der Waals surface area (Å²) in [4.78, 5) is 15.5. The largest absolute Gasteiger partial charge is 0.445 e. The lowest BCUT2D eigenvalue weighted by atomic mass is 9.52. The number of likely N-dealkylation sites (tertiary alicyclic amines) is 1. The minimum absolute atomic E-state index is 0.0667. The van der Waals surface area contributed by atoms with Gasteiger partial charge in [-0.3, -0.25) is 0 Å². The van der Waals surface area contributed by atoms with Crippen LogP contribution in [0.4, 0.5) is 4.79 Å². The van der Waals surface area contributed by atoms with Crippen LogP contribution in [0.1, 0.15) is 91.0 Å². The molecule has 6 aliphatic rings. The molecule has 0 bridgehead atoms. The van der Waals surface area contributed by atoms with E-state index < -0.39 is 0 Å². The number of aliphatic hydroxyl groups is 1. The Morgan fingerprint density at radius 3 is 2.70 bits per heavy atom. The van der Waals surface area contributed by atoms with Gasteiger partial charge in [-0.25, -0.2) is 4.79 Å². The maximum Gasteiger partial charge on any atom is 0.410 e. The lowest BCUT2D eigenvalue weighted by molar-refractivity contribution is -0.0742. The second kappa shape index (κ2) is 9.87. The first-order valence-electron chi connectivity index (χ1n) is 16.2. The predicted octanol–water partition coefficient (Wildman–Crippen LogP) is 7.13. The van der Waals surface area contributed by atoms with Gasteiger partial charge >= 0.3 is 6.09 Å². The quantitative estimate of drug-likeness (QED) is 0.400. The van der Waals surface area contributed by atoms with Gasteiger partial charge in [0.1, 0.15) is 6.61 Å². The zero-order valence-electron chi connectivity index (χ0n) is 25.0. The Balaban J connectivity index is 1.15. The number of fused-ring (bicyclic) bond motifs is 6. The highest BCUT2D eigenvalue weighted by molar-refractivity contribution is 5.68. The van der Waals surface area contributed by atoms with Gasteiger partial charge in [0.05, 0.1) is 23.9 Å². The molecule has 3 saturated carbocycles. The van der Waals surface area contributed by atoms with E-state index in [2.05, 4.69) is 27.7 Å². The van der Waals surface area contributed by atoms with Gasteiger partial charge in [0.15, 0.2) is 0 Å². The molecule has 1 unspecified atom stereocenters. The van der Waals surface area contributed by atoms with E-state index in [9.17, 15) is 9.90 Å². The Kier molecular flexibility index (Phi) is 6.66. The standard InChI is InChI=1S/C35H49NO4/c1-21-16-31-32(36(19-21)33(38)39-20-24-8-6-5-7-9-24)23(3)35(40-31)15-13-27-28-11-10-25-17-26(37)12-14-34(25,4)30(28)18-29(27)22(35)2/h5-9,21,23,25-28,30-32,37H,10-20H2,1-4H3/t21-,23+,25+,26-,27-,28?,30-,31+,32-,34-,35-/m0/s1. The van der Waals surface area contributed by atoms with E-state index in [4.69, 9.17) is 9.47 Å². The molecule has 218 valence electrons. The van der Waals surface area contributed by atoms with Crippen LogP contribution in [0.5, 0.6) is 0 Å². The van der Waals surface area contributed by atoms with Crippen molar-refractivity contribution in [3.8, 4) is 0 Å². The van der Waals surface area contributed by atoms with Crippen molar-refractivity contribution < 1.29 is 19.4 Å². The molecule has 40 heavy (non-hydrogen) atoms. The molecule has 1 amide bonds. The van der Waals surface area contributed by atoms with Crippen LogP contribution in [0.15, 0.2) is 41.5 Å². The molecule has 1 N–H and O–H groups in total. The van der Waals surface area contributed by atoms with Gasteiger partial charge in [-0.15, -0.1) is 0 Å². The summed E-state index contributed by atoms with van der Waals surface area (Å²) < 4.78 is 13.1. The summed E-state index contributed by atoms with van der Waals surface area (Å²) in [6, 6.07) is 10.1. The van der Waals surface area contributed by atoms with Crippen LogP contribution in [-0.4, -0.2) is 46.5 Å². The van der Waals surface area contributed by atoms with Crippen LogP contribution in [0.3, 0.4) is 0 Å². The second-order valence-electron chi connectivity index (χ2n) is 14.8. The number of ether oxygens (including phenoxy) is 2. The number of piperidine rings is 1. The third-order valence-corrected chi connectivity index (χ3v) is 13.0. The molecule has 7 rings (SSSR count). The van der Waals surface area contributed by atoms with E-state index in [1.54, 1.807) is 5.57 Å². The number of allylic oxidation sites excluding steroid dienone is 1. The third-order valence-electron chi connectivity index (χ3n) is 13.0. The lowest BCUT2D eigenvalue weighted by Gasteiger charge is -2.53. The number of benzene rings is 1. The molecule has 1 aromatic carbocycles. The number of nitrogens with zero attached hydrogens (tertiary/aromatic N) is 1. The maximum absolute atomic E-state index is 13.5. The predicted molar refractivity (Wildman–Crippen MR) is 155 cm³/mol. The Hall–Kier alpha value is -1.85. The van der Waals surface area contributed by atoms with Crippen molar-refractivity contribution in [3.05, 3.63) is 47.0 Å². The van der Waals surface area contributed by atoms with Crippen LogP contribution in [0, 0.1) is 40.9 Å². The maximum atomic E-state index is 13.5. The van der Waals surface area contributed by atoms with Crippen molar-refractivity contribution in [2.24, 2.45) is 40.9 Å². The molecule has 0 radical (unpaired) electrons. The fourth-order valence-corrected chi connectivity index (χ4v) is 10.9. The summed E-state index contributed by atoms with van der Waals surface area (Å²) in [5, 5.41) is 10.4. The van der Waals surface area contributed by atoms with Gasteiger partial charge in [0.2, 0.25) is 0 Å². The molecule has 1 aromatic rings. The number of hydrogen-bond acceptors (Lipinski definition) is 4. The molecule has 5 fully saturated rings. The highest BCUT2D eigenvalue weighted by atomic mass is 16.6. The zero-order chi connectivity index (χ0) is 27.8. The van der Waals surface area contributed by atoms with Crippen molar-refractivity contribution in [3.63, 3.8) is 0 Å². The smallest absolute Gasteiger partial charge is 0.410 e. The number of aliphatic hydroxyl groups excluding tert-OH is 1. The van der Waals surface area contributed by atoms with E-state index in [-0.39, 0.29) is 35.9 Å². The fraction of sp³-hybridized carbons (Fsp3) is 0.743. The molecule has 5 heteroatoms. The molecular formula is C35H49NO4. The first kappa shape index (κ1) is 27.0. The first-order chi connectivity index (χ1) is 19.2. The van der Waals surface area contributed by atoms with Gasteiger partial charge in [-0.1, -0.05) is 56.7 Å². The number of amides is 1. The van der Waals surface area contributed by atoms with E-state index in [0.29, 0.717) is 29.8 Å². The summed E-state index contributed by atoms with van der Waals surface area (Å²) >= 11 is 0. The van der Waals surface area contributed by atoms with Gasteiger partial charge in [0.25, 0.3) is 0 Å². The molecule has 2 aliphatic heterocycles. The highest BCUT2D eigenvalue weighted by Gasteiger charge is 2.63. The van der Waals surface area contributed by atoms with Gasteiger partial charge in [0, 0.05) is 12.5 Å². The summed E-state index contributed by atoms with van der Waals surface area (Å²) in [6.45, 7) is 10.6. The summed E-state index contributed by atoms with van der Waals surface area (Å²) in [7, 11) is 0. The Morgan fingerprint density at radius 1 is 1.10 bits per heavy atom. The van der Waals surface area contributed by atoms with Crippen LogP contribution in [0.25, 0.3) is 0 Å². The van der Waals surface area contributed by atoms with Crippen molar-refractivity contribution in [2.75, 3.05) is 6.54 Å². The van der Waals surface area contributed by atoms with Gasteiger partial charge < -0.3 is 19.5 Å². The molecule has 2 heterocycles. The van der Waals surface area contributed by atoms with Gasteiger partial charge in [-0.2, -0.15) is 0 Å². The average Bonchev–Trinajstić information content (AvgIpc) is 3.47. The van der Waals surface area contributed by atoms with Crippen molar-refractivity contribution in [1.82, 2.24) is 4.90 Å². The topological polar surface area (TPSA) is 59.0 Å². The molecular weight excluding hydrogens is 498 g/mol. The fourth-order valence-electron chi connectivity index (χ4n) is 10.9. The Morgan fingerprint density at radius 2 is 1.90 bits per heavy atom. The molecule has 2 saturated heterocycles. The van der Waals surface area contributed by atoms with Crippen molar-refractivity contribution in [2.45, 2.75) is 116 Å². The van der Waals surface area contributed by atoms with E-state index in [1.165, 1.54) is 37.7 Å². The molecule has 0 aromatic heterocycles. The third kappa shape index (κ3) is 4.04. The van der Waals surface area contributed by atoms with E-state index >= 15 is 0 Å². The van der Waals surface area contributed by atoms with E-state index in [0.717, 1.165) is 49.6 Å². The molecule has 11 atom stereocenters. The Labute approximate surface area is 240 Å². The normalized spacial score (nSPS) is 46.0. The summed E-state index contributed by atoms with van der Waals surface area (Å²) in [6.07, 6.45) is 10.1. The average molecular weight is 548 g/mol. The van der Waals surface area contributed by atoms with Gasteiger partial charge in [-0.05, 0) is 111 Å². The second-order valence-corrected chi connectivity index (χ2v) is 14.8. The van der Waals surface area contributed by atoms with Crippen LogP contribution in [-0.2, 0) is 16.1 Å². The van der Waals surface area contributed by atoms with Crippen LogP contribution >= 0.6 is 0 Å². The first-order valence-corrected chi connectivity index (χ1v) is 16.2. The summed E-state index contributed by atoms with van der Waals surface area (Å²) in [5.74, 6) is 3.55. The minimum Gasteiger partial charge on any atom is -0.445 e. The minimum atomic E-state index is -0.264. The van der Waals surface area contributed by atoms with E-state index in [1.807, 2.05) is 35.2 Å². The number of rotatable bonds is 2. The van der Waals surface area contributed by atoms with Crippen LogP contribution < -0.4 is 0 Å².